The van der Waals surface area contributed by atoms with Crippen LogP contribution in [0.5, 0.6) is 0 Å². The van der Waals surface area contributed by atoms with E-state index >= 15 is 0 Å². The highest BCUT2D eigenvalue weighted by atomic mass is 28.3. The molecule has 0 N–H and O–H groups in total. The third-order valence-corrected chi connectivity index (χ3v) is 4.03. The van der Waals surface area contributed by atoms with E-state index in [1.54, 1.807) is 6.07 Å². The molecule has 0 bridgehead atoms. The molecule has 0 spiro atoms. The van der Waals surface area contributed by atoms with Crippen molar-refractivity contribution in [1.82, 2.24) is 0 Å². The number of hydrogen-bond donors (Lipinski definition) is 0. The van der Waals surface area contributed by atoms with Gasteiger partial charge in [-0.3, -0.25) is 0 Å². The lowest BCUT2D eigenvalue weighted by molar-refractivity contribution is -0.137. The molecule has 3 nitrogen and oxygen atoms in total. The Morgan fingerprint density at radius 1 is 1.10 bits per heavy atom. The lowest BCUT2D eigenvalue weighted by Crippen LogP contribution is -2.24. The van der Waals surface area contributed by atoms with Crippen molar-refractivity contribution >= 4 is 9.53 Å². The van der Waals surface area contributed by atoms with Gasteiger partial charge in [-0.1, -0.05) is 18.2 Å². The third-order valence-electron chi connectivity index (χ3n) is 2.75. The second-order valence-electron chi connectivity index (χ2n) is 4.29. The summed E-state index contributed by atoms with van der Waals surface area (Å²) in [5.74, 6) is 0. The summed E-state index contributed by atoms with van der Waals surface area (Å²) in [5.41, 5.74) is 0.0876. The van der Waals surface area contributed by atoms with E-state index in [4.69, 9.17) is 13.3 Å². The van der Waals surface area contributed by atoms with Gasteiger partial charge in [0.15, 0.2) is 0 Å². The summed E-state index contributed by atoms with van der Waals surface area (Å²) in [6, 6.07) is 5.42. The molecule has 0 amide bonds. The maximum Gasteiger partial charge on any atom is 0.483 e. The van der Waals surface area contributed by atoms with Crippen molar-refractivity contribution in [3.63, 3.8) is 0 Å². The fourth-order valence-electron chi connectivity index (χ4n) is 1.75. The number of unbranched alkanes of at least 4 members (excludes halogenated alkanes) is 1. The van der Waals surface area contributed by atoms with Crippen molar-refractivity contribution in [2.45, 2.75) is 25.4 Å². The number of halogens is 3. The Morgan fingerprint density at radius 3 is 2.40 bits per heavy atom. The number of aryl methyl sites for hydroxylation is 1. The van der Waals surface area contributed by atoms with E-state index in [2.05, 4.69) is 0 Å². The second-order valence-corrected chi connectivity index (χ2v) is 6.14. The molecule has 0 saturated carbocycles. The van der Waals surface area contributed by atoms with Gasteiger partial charge < -0.3 is 13.3 Å². The Morgan fingerprint density at radius 2 is 1.80 bits per heavy atom. The van der Waals surface area contributed by atoms with Crippen LogP contribution in [-0.4, -0.2) is 30.4 Å². The van der Waals surface area contributed by atoms with E-state index < -0.39 is 21.3 Å². The maximum atomic E-state index is 12.5. The SMILES string of the molecule is CO[SiH](OC)OCCCCc1cccc(C(F)(F)F)c1. The predicted molar refractivity (Wildman–Crippen MR) is 71.5 cm³/mol. The molecule has 0 radical (unpaired) electrons. The molecular formula is C13H19F3O3Si. The van der Waals surface area contributed by atoms with Crippen molar-refractivity contribution in [2.75, 3.05) is 20.8 Å². The summed E-state index contributed by atoms with van der Waals surface area (Å²) in [6.45, 7) is 0.498. The van der Waals surface area contributed by atoms with Crippen LogP contribution in [0.1, 0.15) is 24.0 Å². The summed E-state index contributed by atoms with van der Waals surface area (Å²) < 4.78 is 52.9. The minimum Gasteiger partial charge on any atom is -0.379 e. The first-order valence-electron chi connectivity index (χ1n) is 6.30. The molecule has 1 aromatic carbocycles. The monoisotopic (exact) mass is 308 g/mol. The molecule has 0 aliphatic heterocycles. The molecule has 0 fully saturated rings. The molecule has 0 aliphatic rings. The van der Waals surface area contributed by atoms with Crippen LogP contribution < -0.4 is 0 Å². The number of hydrogen-bond acceptors (Lipinski definition) is 3. The zero-order valence-corrected chi connectivity index (χ0v) is 12.7. The molecule has 7 heteroatoms. The first-order valence-corrected chi connectivity index (χ1v) is 7.72. The summed E-state index contributed by atoms with van der Waals surface area (Å²) in [5, 5.41) is 0. The van der Waals surface area contributed by atoms with Gasteiger partial charge in [0.05, 0.1) is 5.56 Å². The number of rotatable bonds is 8. The van der Waals surface area contributed by atoms with Crippen molar-refractivity contribution < 1.29 is 26.4 Å². The first kappa shape index (κ1) is 17.2. The van der Waals surface area contributed by atoms with E-state index in [-0.39, 0.29) is 0 Å². The van der Waals surface area contributed by atoms with Crippen molar-refractivity contribution in [2.24, 2.45) is 0 Å². The highest BCUT2D eigenvalue weighted by Crippen LogP contribution is 2.29. The molecular weight excluding hydrogens is 289 g/mol. The summed E-state index contributed by atoms with van der Waals surface area (Å²) in [7, 11) is 1.07. The third kappa shape index (κ3) is 6.04. The molecule has 0 aliphatic carbocycles. The largest absolute Gasteiger partial charge is 0.483 e. The quantitative estimate of drug-likeness (QED) is 0.546. The van der Waals surface area contributed by atoms with Gasteiger partial charge in [0.1, 0.15) is 0 Å². The minimum absolute atomic E-state index is 0.498. The molecule has 0 heterocycles. The van der Waals surface area contributed by atoms with Crippen LogP contribution in [0.2, 0.25) is 0 Å². The molecule has 0 unspecified atom stereocenters. The highest BCUT2D eigenvalue weighted by Gasteiger charge is 2.30. The fourth-order valence-corrected chi connectivity index (χ4v) is 2.57. The Kier molecular flexibility index (Phi) is 7.21. The van der Waals surface area contributed by atoms with Crippen molar-refractivity contribution in [1.29, 1.82) is 0 Å². The van der Waals surface area contributed by atoms with Crippen LogP contribution >= 0.6 is 0 Å². The van der Waals surface area contributed by atoms with E-state index in [9.17, 15) is 13.2 Å². The molecule has 0 atom stereocenters. The minimum atomic E-state index is -4.28. The molecule has 0 saturated heterocycles. The van der Waals surface area contributed by atoms with Crippen molar-refractivity contribution in [3.05, 3.63) is 35.4 Å². The standard InChI is InChI=1S/C13H19F3O3Si/c1-17-20(18-2)19-9-4-3-6-11-7-5-8-12(10-11)13(14,15)16/h5,7-8,10,20H,3-4,6,9H2,1-2H3. The zero-order chi connectivity index (χ0) is 15.0. The van der Waals surface area contributed by atoms with Crippen LogP contribution in [0, 0.1) is 0 Å². The predicted octanol–water partition coefficient (Wildman–Crippen LogP) is 3.05. The zero-order valence-electron chi connectivity index (χ0n) is 11.6. The van der Waals surface area contributed by atoms with Gasteiger partial charge in [-0.2, -0.15) is 13.2 Å². The van der Waals surface area contributed by atoms with Crippen LogP contribution in [0.3, 0.4) is 0 Å². The van der Waals surface area contributed by atoms with E-state index in [0.29, 0.717) is 18.6 Å². The lowest BCUT2D eigenvalue weighted by atomic mass is 10.1. The fraction of sp³-hybridized carbons (Fsp3) is 0.538. The van der Waals surface area contributed by atoms with Gasteiger partial charge in [0, 0.05) is 20.8 Å². The van der Waals surface area contributed by atoms with Gasteiger partial charge in [0.25, 0.3) is 0 Å². The summed E-state index contributed by atoms with van der Waals surface area (Å²) >= 11 is 0. The first-order chi connectivity index (χ1) is 9.47. The Labute approximate surface area is 118 Å². The Hall–Kier alpha value is -0.893. The highest BCUT2D eigenvalue weighted by molar-refractivity contribution is 6.36. The topological polar surface area (TPSA) is 27.7 Å². The van der Waals surface area contributed by atoms with E-state index in [1.807, 2.05) is 0 Å². The van der Waals surface area contributed by atoms with Crippen LogP contribution in [-0.2, 0) is 25.9 Å². The summed E-state index contributed by atoms with van der Waals surface area (Å²) in [6.07, 6.45) is -2.17. The van der Waals surface area contributed by atoms with Crippen molar-refractivity contribution in [3.8, 4) is 0 Å². The molecule has 20 heavy (non-hydrogen) atoms. The van der Waals surface area contributed by atoms with E-state index in [0.717, 1.165) is 18.9 Å². The number of benzene rings is 1. The lowest BCUT2D eigenvalue weighted by Gasteiger charge is -2.11. The van der Waals surface area contributed by atoms with Crippen LogP contribution in [0.15, 0.2) is 24.3 Å². The normalized spacial score (nSPS) is 12.1. The van der Waals surface area contributed by atoms with Gasteiger partial charge >= 0.3 is 15.7 Å². The summed E-state index contributed by atoms with van der Waals surface area (Å²) in [4.78, 5) is 0. The average Bonchev–Trinajstić information content (AvgIpc) is 2.42. The molecule has 1 rings (SSSR count). The van der Waals surface area contributed by atoms with Gasteiger partial charge in [0.2, 0.25) is 0 Å². The van der Waals surface area contributed by atoms with Crippen LogP contribution in [0.25, 0.3) is 0 Å². The second kappa shape index (κ2) is 8.41. The van der Waals surface area contributed by atoms with Gasteiger partial charge in [-0.15, -0.1) is 0 Å². The van der Waals surface area contributed by atoms with Crippen LogP contribution in [0.4, 0.5) is 13.2 Å². The smallest absolute Gasteiger partial charge is 0.379 e. The molecule has 114 valence electrons. The van der Waals surface area contributed by atoms with E-state index in [1.165, 1.54) is 26.4 Å². The van der Waals surface area contributed by atoms with Gasteiger partial charge in [-0.25, -0.2) is 0 Å². The van der Waals surface area contributed by atoms with Gasteiger partial charge in [-0.05, 0) is 30.9 Å². The Bertz CT molecular complexity index is 395. The maximum absolute atomic E-state index is 12.5. The number of alkyl halides is 3. The average molecular weight is 308 g/mol. The Balaban J connectivity index is 2.32. The molecule has 1 aromatic rings. The molecule has 0 aromatic heterocycles.